The maximum atomic E-state index is 13.3. The highest BCUT2D eigenvalue weighted by Gasteiger charge is 2.26. The molecule has 0 radical (unpaired) electrons. The van der Waals surface area contributed by atoms with E-state index in [-0.39, 0.29) is 11.7 Å². The molecule has 3 heterocycles. The number of hydrogen-bond acceptors (Lipinski definition) is 4. The SMILES string of the molecule is O=C(Oc1cccnc1)N1CCN(C(=O)c2cc3ccc(F)cc3[nH]2)CC1. The number of aromatic nitrogens is 2. The summed E-state index contributed by atoms with van der Waals surface area (Å²) in [6.45, 7) is 1.54. The molecule has 3 aromatic rings. The summed E-state index contributed by atoms with van der Waals surface area (Å²) in [7, 11) is 0. The van der Waals surface area contributed by atoms with E-state index in [1.807, 2.05) is 0 Å². The van der Waals surface area contributed by atoms with E-state index in [2.05, 4.69) is 9.97 Å². The Kier molecular flexibility index (Phi) is 4.45. The smallest absolute Gasteiger partial charge is 0.409 e. The second-order valence-corrected chi connectivity index (χ2v) is 6.25. The Morgan fingerprint density at radius 2 is 1.85 bits per heavy atom. The van der Waals surface area contributed by atoms with Crippen molar-refractivity contribution in [2.24, 2.45) is 0 Å². The molecule has 7 nitrogen and oxygen atoms in total. The van der Waals surface area contributed by atoms with Gasteiger partial charge in [-0.1, -0.05) is 0 Å². The van der Waals surface area contributed by atoms with Crippen LogP contribution in [-0.4, -0.2) is 57.9 Å². The van der Waals surface area contributed by atoms with Crippen LogP contribution in [0.25, 0.3) is 10.9 Å². The number of nitrogens with one attached hydrogen (secondary N) is 1. The lowest BCUT2D eigenvalue weighted by Gasteiger charge is -2.33. The molecular formula is C19H17FN4O3. The molecule has 1 aliphatic rings. The van der Waals surface area contributed by atoms with Crippen LogP contribution in [0.2, 0.25) is 0 Å². The van der Waals surface area contributed by atoms with Gasteiger partial charge < -0.3 is 19.5 Å². The van der Waals surface area contributed by atoms with Gasteiger partial charge in [-0.05, 0) is 36.4 Å². The number of halogens is 1. The molecular weight excluding hydrogens is 351 g/mol. The second kappa shape index (κ2) is 7.06. The van der Waals surface area contributed by atoms with E-state index in [9.17, 15) is 14.0 Å². The monoisotopic (exact) mass is 368 g/mol. The average Bonchev–Trinajstić information content (AvgIpc) is 3.11. The van der Waals surface area contributed by atoms with Crippen LogP contribution in [0.3, 0.4) is 0 Å². The number of nitrogens with zero attached hydrogens (tertiary/aromatic N) is 3. The fraction of sp³-hybridized carbons (Fsp3) is 0.211. The molecule has 138 valence electrons. The lowest BCUT2D eigenvalue weighted by atomic mass is 10.2. The zero-order chi connectivity index (χ0) is 18.8. The van der Waals surface area contributed by atoms with Gasteiger partial charge in [0.1, 0.15) is 11.5 Å². The van der Waals surface area contributed by atoms with Crippen molar-refractivity contribution in [1.82, 2.24) is 19.8 Å². The number of H-pyrrole nitrogens is 1. The lowest BCUT2D eigenvalue weighted by Crippen LogP contribution is -2.51. The van der Waals surface area contributed by atoms with E-state index >= 15 is 0 Å². The van der Waals surface area contributed by atoms with Gasteiger partial charge in [-0.25, -0.2) is 9.18 Å². The second-order valence-electron chi connectivity index (χ2n) is 6.25. The van der Waals surface area contributed by atoms with Gasteiger partial charge in [0.2, 0.25) is 0 Å². The summed E-state index contributed by atoms with van der Waals surface area (Å²) in [4.78, 5) is 34.9. The number of carbonyl (C=O) groups is 2. The van der Waals surface area contributed by atoms with Crippen molar-refractivity contribution in [3.8, 4) is 5.75 Å². The summed E-state index contributed by atoms with van der Waals surface area (Å²) < 4.78 is 18.6. The van der Waals surface area contributed by atoms with Gasteiger partial charge in [0, 0.05) is 43.3 Å². The Morgan fingerprint density at radius 3 is 2.59 bits per heavy atom. The Hall–Kier alpha value is -3.42. The minimum Gasteiger partial charge on any atom is -0.409 e. The highest BCUT2D eigenvalue weighted by Crippen LogP contribution is 2.18. The van der Waals surface area contributed by atoms with Crippen molar-refractivity contribution in [3.63, 3.8) is 0 Å². The van der Waals surface area contributed by atoms with Crippen molar-refractivity contribution < 1.29 is 18.7 Å². The van der Waals surface area contributed by atoms with Crippen molar-refractivity contribution >= 4 is 22.9 Å². The van der Waals surface area contributed by atoms with Gasteiger partial charge in [0.05, 0.1) is 6.20 Å². The number of amides is 2. The molecule has 0 atom stereocenters. The Balaban J connectivity index is 1.38. The van der Waals surface area contributed by atoms with E-state index in [0.29, 0.717) is 43.1 Å². The standard InChI is InChI=1S/C19H17FN4O3/c20-14-4-3-13-10-17(22-16(13)11-14)18(25)23-6-8-24(9-7-23)19(26)27-15-2-1-5-21-12-15/h1-5,10-12,22H,6-9H2. The molecule has 0 spiro atoms. The predicted molar refractivity (Wildman–Crippen MR) is 96.0 cm³/mol. The number of fused-ring (bicyclic) bond motifs is 1. The number of piperazine rings is 1. The highest BCUT2D eigenvalue weighted by molar-refractivity contribution is 5.98. The lowest BCUT2D eigenvalue weighted by molar-refractivity contribution is 0.0629. The van der Waals surface area contributed by atoms with Crippen LogP contribution >= 0.6 is 0 Å². The molecule has 27 heavy (non-hydrogen) atoms. The topological polar surface area (TPSA) is 78.5 Å². The van der Waals surface area contributed by atoms with E-state index in [1.165, 1.54) is 18.3 Å². The van der Waals surface area contributed by atoms with Crippen molar-refractivity contribution in [3.05, 3.63) is 60.3 Å². The quantitative estimate of drug-likeness (QED) is 0.754. The van der Waals surface area contributed by atoms with E-state index in [4.69, 9.17) is 4.74 Å². The molecule has 0 bridgehead atoms. The summed E-state index contributed by atoms with van der Waals surface area (Å²) >= 11 is 0. The molecule has 2 amide bonds. The number of carbonyl (C=O) groups excluding carboxylic acids is 2. The predicted octanol–water partition coefficient (Wildman–Crippen LogP) is 2.66. The molecule has 1 aromatic carbocycles. The molecule has 8 heteroatoms. The third kappa shape index (κ3) is 3.59. The largest absolute Gasteiger partial charge is 0.415 e. The number of aromatic amines is 1. The van der Waals surface area contributed by atoms with Crippen molar-refractivity contribution in [1.29, 1.82) is 0 Å². The molecule has 0 saturated carbocycles. The molecule has 1 aliphatic heterocycles. The average molecular weight is 368 g/mol. The number of pyridine rings is 1. The zero-order valence-corrected chi connectivity index (χ0v) is 14.4. The van der Waals surface area contributed by atoms with Crippen LogP contribution in [0.15, 0.2) is 48.8 Å². The summed E-state index contributed by atoms with van der Waals surface area (Å²) in [5.74, 6) is -0.151. The maximum absolute atomic E-state index is 13.3. The number of ether oxygens (including phenoxy) is 1. The summed E-state index contributed by atoms with van der Waals surface area (Å²) in [5.41, 5.74) is 0.985. The molecule has 0 unspecified atom stereocenters. The first-order chi connectivity index (χ1) is 13.1. The summed E-state index contributed by atoms with van der Waals surface area (Å²) in [5, 5.41) is 0.776. The maximum Gasteiger partial charge on any atom is 0.415 e. The van der Waals surface area contributed by atoms with Gasteiger partial charge in [0.25, 0.3) is 5.91 Å². The minimum absolute atomic E-state index is 0.174. The van der Waals surface area contributed by atoms with Gasteiger partial charge in [-0.2, -0.15) is 0 Å². The fourth-order valence-corrected chi connectivity index (χ4v) is 3.05. The first kappa shape index (κ1) is 17.0. The van der Waals surface area contributed by atoms with Crippen LogP contribution in [0, 0.1) is 5.82 Å². The minimum atomic E-state index is -0.462. The van der Waals surface area contributed by atoms with Gasteiger partial charge >= 0.3 is 6.09 Å². The van der Waals surface area contributed by atoms with E-state index < -0.39 is 6.09 Å². The molecule has 1 saturated heterocycles. The zero-order valence-electron chi connectivity index (χ0n) is 14.4. The highest BCUT2D eigenvalue weighted by atomic mass is 19.1. The van der Waals surface area contributed by atoms with Gasteiger partial charge in [-0.3, -0.25) is 9.78 Å². The van der Waals surface area contributed by atoms with Crippen molar-refractivity contribution in [2.45, 2.75) is 0 Å². The summed E-state index contributed by atoms with van der Waals surface area (Å²) in [6.07, 6.45) is 2.60. The number of rotatable bonds is 2. The third-order valence-corrected chi connectivity index (χ3v) is 4.48. The third-order valence-electron chi connectivity index (χ3n) is 4.48. The van der Waals surface area contributed by atoms with Crippen LogP contribution in [0.4, 0.5) is 9.18 Å². The van der Waals surface area contributed by atoms with Gasteiger partial charge in [0.15, 0.2) is 5.75 Å². The molecule has 2 aromatic heterocycles. The first-order valence-electron chi connectivity index (χ1n) is 8.54. The first-order valence-corrected chi connectivity index (χ1v) is 8.54. The summed E-state index contributed by atoms with van der Waals surface area (Å²) in [6, 6.07) is 9.40. The molecule has 1 N–H and O–H groups in total. The van der Waals surface area contributed by atoms with Crippen molar-refractivity contribution in [2.75, 3.05) is 26.2 Å². The van der Waals surface area contributed by atoms with E-state index in [0.717, 1.165) is 5.39 Å². The van der Waals surface area contributed by atoms with Crippen LogP contribution in [0.5, 0.6) is 5.75 Å². The fourth-order valence-electron chi connectivity index (χ4n) is 3.05. The van der Waals surface area contributed by atoms with Crippen LogP contribution in [0.1, 0.15) is 10.5 Å². The Bertz CT molecular complexity index is 981. The normalized spacial score (nSPS) is 14.4. The van der Waals surface area contributed by atoms with Crippen LogP contribution in [-0.2, 0) is 0 Å². The Morgan fingerprint density at radius 1 is 1.07 bits per heavy atom. The van der Waals surface area contributed by atoms with Crippen LogP contribution < -0.4 is 4.74 Å². The number of benzene rings is 1. The molecule has 1 fully saturated rings. The number of hydrogen-bond donors (Lipinski definition) is 1. The van der Waals surface area contributed by atoms with Gasteiger partial charge in [-0.15, -0.1) is 0 Å². The van der Waals surface area contributed by atoms with E-state index in [1.54, 1.807) is 40.3 Å². The molecule has 0 aliphatic carbocycles. The molecule has 4 rings (SSSR count). The Labute approximate surface area is 154 Å².